The topological polar surface area (TPSA) is 191 Å². The summed E-state index contributed by atoms with van der Waals surface area (Å²) in [6, 6.07) is -3.45. The van der Waals surface area contributed by atoms with Crippen molar-refractivity contribution < 1.29 is 36.9 Å². The molecule has 0 aliphatic carbocycles. The molecule has 2 atom stereocenters. The van der Waals surface area contributed by atoms with Crippen LogP contribution in [0.15, 0.2) is 5.16 Å². The number of thiazole rings is 1. The van der Waals surface area contributed by atoms with Crippen LogP contribution < -0.4 is 11.1 Å². The zero-order valence-corrected chi connectivity index (χ0v) is 16.0. The lowest BCUT2D eigenvalue weighted by Crippen LogP contribution is -2.74. The molecule has 16 heteroatoms. The maximum atomic E-state index is 12.5. The summed E-state index contributed by atoms with van der Waals surface area (Å²) >= 11 is 6.76. The van der Waals surface area contributed by atoms with E-state index in [0.717, 1.165) is 25.6 Å². The van der Waals surface area contributed by atoms with Crippen LogP contribution in [-0.4, -0.2) is 72.1 Å². The van der Waals surface area contributed by atoms with E-state index in [1.165, 1.54) is 0 Å². The van der Waals surface area contributed by atoms with Gasteiger partial charge in [-0.25, -0.2) is 9.78 Å². The Bertz CT molecular complexity index is 929. The number of nitrogens with two attached hydrogens (primary N) is 1. The normalized spacial score (nSPS) is 20.1. The highest BCUT2D eigenvalue weighted by Gasteiger charge is 2.58. The molecule has 13 nitrogen and oxygen atoms in total. The fourth-order valence-electron chi connectivity index (χ4n) is 2.17. The Labute approximate surface area is 160 Å². The van der Waals surface area contributed by atoms with E-state index in [0.29, 0.717) is 0 Å². The highest BCUT2D eigenvalue weighted by atomic mass is 35.5. The number of nitrogens with one attached hydrogen (secondary N) is 1. The average Bonchev–Trinajstić information content (AvgIpc) is 2.90. The molecule has 1 aliphatic rings. The number of amides is 2. The molecule has 1 aromatic rings. The molecular weight excluding hydrogens is 430 g/mol. The molecule has 2 rings (SSSR count). The Morgan fingerprint density at radius 3 is 2.52 bits per heavy atom. The number of carbonyl (C=O) groups excluding carboxylic acids is 3. The van der Waals surface area contributed by atoms with Crippen LogP contribution in [0.1, 0.15) is 5.69 Å². The van der Waals surface area contributed by atoms with E-state index in [-0.39, 0.29) is 19.5 Å². The van der Waals surface area contributed by atoms with Crippen molar-refractivity contribution in [3.05, 3.63) is 10.0 Å². The largest absolute Gasteiger partial charge is 0.467 e. The molecule has 4 N–H and O–H groups in total. The fourth-order valence-corrected chi connectivity index (χ4v) is 3.93. The first-order valence-corrected chi connectivity index (χ1v) is 9.34. The minimum atomic E-state index is -5.05. The quantitative estimate of drug-likeness (QED) is 0.152. The van der Waals surface area contributed by atoms with Gasteiger partial charge in [0, 0.05) is 0 Å². The van der Waals surface area contributed by atoms with Crippen molar-refractivity contribution in [1.82, 2.24) is 14.6 Å². The summed E-state index contributed by atoms with van der Waals surface area (Å²) in [5, 5.41) is 5.59. The van der Waals surface area contributed by atoms with E-state index in [1.54, 1.807) is 0 Å². The molecule has 1 fully saturated rings. The van der Waals surface area contributed by atoms with E-state index in [1.807, 2.05) is 0 Å². The summed E-state index contributed by atoms with van der Waals surface area (Å²) in [4.78, 5) is 44.6. The molecule has 148 valence electrons. The van der Waals surface area contributed by atoms with E-state index < -0.39 is 45.9 Å². The second kappa shape index (κ2) is 7.63. The molecule has 0 saturated carbocycles. The fraction of sp³-hybridized carbons (Fsp3) is 0.364. The first-order chi connectivity index (χ1) is 12.5. The standard InChI is InChI=1S/C11H12ClN5O8S2/c1-24-10(20)6-5(9(19)17(6)27(21,22)23)14-8(18)4(16-25-2)3-7(12)26-11(13)15-3/h5-6H,1-2H3,(H2,13,15)(H,14,18)(H,21,22,23)/b16-4-. The van der Waals surface area contributed by atoms with E-state index in [4.69, 9.17) is 21.9 Å². The number of ether oxygens (including phenoxy) is 1. The SMILES string of the molecule is CO/N=C(\C(=O)NC1C(=O)N(S(=O)(=O)O)C1C(=O)OC)c1nc(N)sc1Cl. The molecule has 1 aromatic heterocycles. The van der Waals surface area contributed by atoms with Gasteiger partial charge in [-0.15, -0.1) is 0 Å². The van der Waals surface area contributed by atoms with E-state index in [2.05, 4.69) is 25.0 Å². The molecule has 0 radical (unpaired) electrons. The summed E-state index contributed by atoms with van der Waals surface area (Å²) in [5.41, 5.74) is 4.88. The molecule has 0 aromatic carbocycles. The lowest BCUT2D eigenvalue weighted by molar-refractivity contribution is -0.162. The number of methoxy groups -OCH3 is 1. The maximum absolute atomic E-state index is 12.5. The first-order valence-electron chi connectivity index (χ1n) is 6.75. The number of hydrogen-bond donors (Lipinski definition) is 3. The van der Waals surface area contributed by atoms with Crippen molar-refractivity contribution in [1.29, 1.82) is 0 Å². The van der Waals surface area contributed by atoms with Crippen LogP contribution in [-0.2, 0) is 34.3 Å². The van der Waals surface area contributed by atoms with Gasteiger partial charge in [0.25, 0.3) is 11.8 Å². The summed E-state index contributed by atoms with van der Waals surface area (Å²) in [5.74, 6) is -3.51. The number of nitrogen functional groups attached to an aromatic ring is 1. The third-order valence-electron chi connectivity index (χ3n) is 3.25. The lowest BCUT2D eigenvalue weighted by Gasteiger charge is -2.41. The minimum Gasteiger partial charge on any atom is -0.467 e. The number of β-lactam (4-membered cyclic amide) rings is 1. The molecule has 2 amide bonds. The van der Waals surface area contributed by atoms with Crippen molar-refractivity contribution in [2.75, 3.05) is 20.0 Å². The Morgan fingerprint density at radius 1 is 1.44 bits per heavy atom. The summed E-state index contributed by atoms with van der Waals surface area (Å²) in [6.07, 6.45) is 0. The zero-order valence-electron chi connectivity index (χ0n) is 13.6. The first kappa shape index (κ1) is 20.8. The van der Waals surface area contributed by atoms with Crippen LogP contribution >= 0.6 is 22.9 Å². The van der Waals surface area contributed by atoms with Gasteiger partial charge < -0.3 is 20.6 Å². The number of esters is 1. The van der Waals surface area contributed by atoms with Gasteiger partial charge in [0.15, 0.2) is 16.9 Å². The van der Waals surface area contributed by atoms with Gasteiger partial charge >= 0.3 is 16.3 Å². The highest BCUT2D eigenvalue weighted by Crippen LogP contribution is 2.28. The van der Waals surface area contributed by atoms with Gasteiger partial charge in [-0.1, -0.05) is 28.1 Å². The van der Waals surface area contributed by atoms with Crippen molar-refractivity contribution in [3.8, 4) is 0 Å². The van der Waals surface area contributed by atoms with Crippen LogP contribution in [0.2, 0.25) is 4.34 Å². The Balaban J connectivity index is 2.32. The van der Waals surface area contributed by atoms with Gasteiger partial charge in [-0.2, -0.15) is 12.7 Å². The second-order valence-electron chi connectivity index (χ2n) is 4.83. The Hall–Kier alpha value is -2.49. The third-order valence-corrected chi connectivity index (χ3v) is 5.24. The average molecular weight is 442 g/mol. The van der Waals surface area contributed by atoms with Crippen molar-refractivity contribution >= 4 is 61.9 Å². The van der Waals surface area contributed by atoms with Crippen molar-refractivity contribution in [2.45, 2.75) is 12.1 Å². The van der Waals surface area contributed by atoms with Crippen LogP contribution in [0.4, 0.5) is 5.13 Å². The summed E-state index contributed by atoms with van der Waals surface area (Å²) in [7, 11) is -2.99. The molecule has 2 unspecified atom stereocenters. The van der Waals surface area contributed by atoms with Gasteiger partial charge in [-0.05, 0) is 0 Å². The Kier molecular flexibility index (Phi) is 5.88. The van der Waals surface area contributed by atoms with Gasteiger partial charge in [0.05, 0.1) is 7.11 Å². The van der Waals surface area contributed by atoms with Gasteiger partial charge in [0.2, 0.25) is 0 Å². The number of nitrogens with zero attached hydrogens (tertiary/aromatic N) is 3. The predicted molar refractivity (Wildman–Crippen MR) is 91.2 cm³/mol. The van der Waals surface area contributed by atoms with Gasteiger partial charge in [-0.3, -0.25) is 14.1 Å². The maximum Gasteiger partial charge on any atom is 0.363 e. The number of aromatic nitrogens is 1. The second-order valence-corrected chi connectivity index (χ2v) is 7.75. The summed E-state index contributed by atoms with van der Waals surface area (Å²) in [6.45, 7) is 0. The lowest BCUT2D eigenvalue weighted by atomic mass is 9.98. The molecule has 27 heavy (non-hydrogen) atoms. The molecular formula is C11H12ClN5O8S2. The number of halogens is 1. The van der Waals surface area contributed by atoms with Crippen LogP contribution in [0.5, 0.6) is 0 Å². The van der Waals surface area contributed by atoms with Crippen molar-refractivity contribution in [3.63, 3.8) is 0 Å². The number of oxime groups is 1. The number of hydrogen-bond acceptors (Lipinski definition) is 11. The Morgan fingerprint density at radius 2 is 2.07 bits per heavy atom. The molecule has 2 heterocycles. The highest BCUT2D eigenvalue weighted by molar-refractivity contribution is 7.84. The van der Waals surface area contributed by atoms with Crippen LogP contribution in [0, 0.1) is 0 Å². The molecule has 1 saturated heterocycles. The predicted octanol–water partition coefficient (Wildman–Crippen LogP) is -1.60. The van der Waals surface area contributed by atoms with Crippen LogP contribution in [0.25, 0.3) is 0 Å². The third kappa shape index (κ3) is 3.95. The smallest absolute Gasteiger partial charge is 0.363 e. The van der Waals surface area contributed by atoms with E-state index in [9.17, 15) is 22.8 Å². The minimum absolute atomic E-state index is 0.00228. The number of rotatable bonds is 6. The summed E-state index contributed by atoms with van der Waals surface area (Å²) < 4.78 is 35.8. The molecule has 1 aliphatic heterocycles. The zero-order chi connectivity index (χ0) is 20.5. The van der Waals surface area contributed by atoms with Gasteiger partial charge in [0.1, 0.15) is 23.2 Å². The van der Waals surface area contributed by atoms with Crippen LogP contribution in [0.3, 0.4) is 0 Å². The van der Waals surface area contributed by atoms with E-state index >= 15 is 0 Å². The molecule has 0 bridgehead atoms. The number of anilines is 1. The molecule has 0 spiro atoms. The van der Waals surface area contributed by atoms with Crippen molar-refractivity contribution in [2.24, 2.45) is 5.16 Å². The monoisotopic (exact) mass is 441 g/mol. The number of carbonyl (C=O) groups is 3.